The van der Waals surface area contributed by atoms with Crippen LogP contribution in [0.1, 0.15) is 41.0 Å². The molecule has 3 nitrogen and oxygen atoms in total. The smallest absolute Gasteiger partial charge is 0.130 e. The maximum absolute atomic E-state index is 10.3. The van der Waals surface area contributed by atoms with Crippen molar-refractivity contribution in [1.82, 2.24) is 0 Å². The maximum Gasteiger partial charge on any atom is 0.130 e. The average Bonchev–Trinajstić information content (AvgIpc) is 1.84. The Morgan fingerprint density at radius 2 is 1.77 bits per heavy atom. The van der Waals surface area contributed by atoms with Crippen molar-refractivity contribution in [3.63, 3.8) is 0 Å². The fourth-order valence-electron chi connectivity index (χ4n) is 0.575. The molecule has 0 saturated carbocycles. The Morgan fingerprint density at radius 1 is 1.46 bits per heavy atom. The van der Waals surface area contributed by atoms with E-state index >= 15 is 0 Å². The van der Waals surface area contributed by atoms with Gasteiger partial charge in [-0.2, -0.15) is 0 Å². The van der Waals surface area contributed by atoms with Gasteiger partial charge in [0.2, 0.25) is 0 Å². The van der Waals surface area contributed by atoms with Gasteiger partial charge in [-0.15, -0.1) is 0 Å². The Kier molecular flexibility index (Phi) is 8.16. The second kappa shape index (κ2) is 7.04. The number of nitrogens with two attached hydrogens (primary N) is 1. The maximum atomic E-state index is 10.3. The molecule has 0 saturated heterocycles. The van der Waals surface area contributed by atoms with E-state index in [0.717, 1.165) is 6.42 Å². The van der Waals surface area contributed by atoms with Gasteiger partial charge in [0.25, 0.3) is 0 Å². The van der Waals surface area contributed by atoms with Crippen LogP contribution in [0.2, 0.25) is 0 Å². The van der Waals surface area contributed by atoms with Crippen LogP contribution in [0, 0.1) is 5.92 Å². The third kappa shape index (κ3) is 24.5. The molecular weight excluding hydrogens is 166 g/mol. The van der Waals surface area contributed by atoms with Crippen LogP contribution in [-0.4, -0.2) is 23.0 Å². The van der Waals surface area contributed by atoms with E-state index in [1.165, 1.54) is 0 Å². The Hall–Kier alpha value is -0.410. The molecule has 0 rings (SSSR count). The molecule has 0 aliphatic carbocycles. The summed E-state index contributed by atoms with van der Waals surface area (Å²) < 4.78 is 0. The Labute approximate surface area is 81.3 Å². The van der Waals surface area contributed by atoms with Crippen LogP contribution in [0.15, 0.2) is 0 Å². The molecule has 0 aromatic rings. The van der Waals surface area contributed by atoms with Crippen LogP contribution in [-0.2, 0) is 4.79 Å². The van der Waals surface area contributed by atoms with Crippen LogP contribution in [0.4, 0.5) is 0 Å². The lowest BCUT2D eigenvalue weighted by Crippen LogP contribution is -2.29. The van der Waals surface area contributed by atoms with Gasteiger partial charge in [-0.1, -0.05) is 13.8 Å². The van der Waals surface area contributed by atoms with Crippen LogP contribution in [0.25, 0.3) is 0 Å². The van der Waals surface area contributed by atoms with Crippen LogP contribution in [0.3, 0.4) is 0 Å². The van der Waals surface area contributed by atoms with Gasteiger partial charge in [0, 0.05) is 13.0 Å². The van der Waals surface area contributed by atoms with Crippen LogP contribution in [0.5, 0.6) is 0 Å². The predicted octanol–water partition coefficient (Wildman–Crippen LogP) is 1.34. The highest BCUT2D eigenvalue weighted by atomic mass is 16.3. The lowest BCUT2D eigenvalue weighted by molar-refractivity contribution is -0.117. The van der Waals surface area contributed by atoms with E-state index in [1.807, 2.05) is 13.8 Å². The molecule has 0 amide bonds. The molecule has 0 aliphatic rings. The lowest BCUT2D eigenvalue weighted by Gasteiger charge is -2.11. The molecule has 0 aromatic heterocycles. The monoisotopic (exact) mass is 189 g/mol. The zero-order valence-corrected chi connectivity index (χ0v) is 9.42. The van der Waals surface area contributed by atoms with Crippen molar-refractivity contribution in [2.75, 3.05) is 6.54 Å². The number of rotatable bonds is 3. The third-order valence-electron chi connectivity index (χ3n) is 1.20. The fourth-order valence-corrected chi connectivity index (χ4v) is 0.575. The van der Waals surface area contributed by atoms with Gasteiger partial charge in [0.1, 0.15) is 5.78 Å². The summed E-state index contributed by atoms with van der Waals surface area (Å²) in [7, 11) is 0. The van der Waals surface area contributed by atoms with E-state index in [1.54, 1.807) is 20.8 Å². The Bertz CT molecular complexity index is 136. The minimum atomic E-state index is -0.681. The van der Waals surface area contributed by atoms with Crippen molar-refractivity contribution in [2.45, 2.75) is 46.6 Å². The minimum Gasteiger partial charge on any atom is -0.389 e. The number of ketones is 1. The molecule has 0 spiro atoms. The summed E-state index contributed by atoms with van der Waals surface area (Å²) in [5.74, 6) is 0.813. The Balaban J connectivity index is 0. The fraction of sp³-hybridized carbons (Fsp3) is 0.900. The van der Waals surface area contributed by atoms with Gasteiger partial charge in [0.05, 0.1) is 5.60 Å². The van der Waals surface area contributed by atoms with E-state index in [4.69, 9.17) is 10.8 Å². The summed E-state index contributed by atoms with van der Waals surface area (Å²) in [5, 5.41) is 8.70. The van der Waals surface area contributed by atoms with E-state index in [-0.39, 0.29) is 5.78 Å². The van der Waals surface area contributed by atoms with Gasteiger partial charge in [-0.3, -0.25) is 0 Å². The molecule has 0 bridgehead atoms. The van der Waals surface area contributed by atoms with E-state index in [9.17, 15) is 4.79 Å². The Morgan fingerprint density at radius 3 is 1.77 bits per heavy atom. The summed E-state index contributed by atoms with van der Waals surface area (Å²) in [6.07, 6.45) is 0.722. The molecule has 3 N–H and O–H groups in total. The average molecular weight is 189 g/mol. The SMILES string of the molecule is CC(=O)CC(C)C.CC(C)(O)CN. The van der Waals surface area contributed by atoms with Gasteiger partial charge in [0.15, 0.2) is 0 Å². The van der Waals surface area contributed by atoms with E-state index in [0.29, 0.717) is 12.5 Å². The van der Waals surface area contributed by atoms with Crippen molar-refractivity contribution >= 4 is 5.78 Å². The van der Waals surface area contributed by atoms with E-state index in [2.05, 4.69) is 0 Å². The standard InChI is InChI=1S/C6H12O.C4H11NO/c1-5(2)4-6(3)7;1-4(2,6)3-5/h5H,4H2,1-3H3;6H,3,5H2,1-2H3. The topological polar surface area (TPSA) is 63.3 Å². The number of aliphatic hydroxyl groups is 1. The molecular formula is C10H23NO2. The van der Waals surface area contributed by atoms with Crippen LogP contribution >= 0.6 is 0 Å². The molecule has 0 radical (unpaired) electrons. The first-order chi connectivity index (χ1) is 5.69. The summed E-state index contributed by atoms with van der Waals surface area (Å²) >= 11 is 0. The van der Waals surface area contributed by atoms with Crippen molar-refractivity contribution < 1.29 is 9.90 Å². The normalized spacial score (nSPS) is 10.8. The van der Waals surface area contributed by atoms with Gasteiger partial charge in [-0.25, -0.2) is 0 Å². The lowest BCUT2D eigenvalue weighted by atomic mass is 10.1. The van der Waals surface area contributed by atoms with Gasteiger partial charge >= 0.3 is 0 Å². The summed E-state index contributed by atoms with van der Waals surface area (Å²) in [6, 6.07) is 0. The molecule has 0 aromatic carbocycles. The first-order valence-corrected chi connectivity index (χ1v) is 4.61. The highest BCUT2D eigenvalue weighted by Gasteiger charge is 2.06. The van der Waals surface area contributed by atoms with Crippen molar-refractivity contribution in [3.05, 3.63) is 0 Å². The third-order valence-corrected chi connectivity index (χ3v) is 1.20. The molecule has 80 valence electrons. The predicted molar refractivity (Wildman–Crippen MR) is 55.5 cm³/mol. The summed E-state index contributed by atoms with van der Waals surface area (Å²) in [6.45, 7) is 9.38. The highest BCUT2D eigenvalue weighted by Crippen LogP contribution is 1.97. The molecule has 0 heterocycles. The van der Waals surface area contributed by atoms with Crippen LogP contribution < -0.4 is 5.73 Å². The zero-order valence-electron chi connectivity index (χ0n) is 9.42. The highest BCUT2D eigenvalue weighted by molar-refractivity contribution is 5.75. The van der Waals surface area contributed by atoms with Crippen molar-refractivity contribution in [3.8, 4) is 0 Å². The largest absolute Gasteiger partial charge is 0.389 e. The van der Waals surface area contributed by atoms with E-state index < -0.39 is 5.60 Å². The number of Topliss-reactive ketones (excluding diaryl/α,β-unsaturated/α-hetero) is 1. The molecule has 0 fully saturated rings. The zero-order chi connectivity index (χ0) is 11.1. The number of carbonyl (C=O) groups is 1. The first kappa shape index (κ1) is 15.1. The molecule has 0 aliphatic heterocycles. The van der Waals surface area contributed by atoms with Gasteiger partial charge in [-0.05, 0) is 26.7 Å². The number of carbonyl (C=O) groups excluding carboxylic acids is 1. The second-order valence-corrected chi connectivity index (χ2v) is 4.32. The number of hydrogen-bond acceptors (Lipinski definition) is 3. The molecule has 3 heteroatoms. The molecule has 13 heavy (non-hydrogen) atoms. The molecule has 0 atom stereocenters. The summed E-state index contributed by atoms with van der Waals surface area (Å²) in [5.41, 5.74) is 4.38. The number of hydrogen-bond donors (Lipinski definition) is 2. The minimum absolute atomic E-state index is 0.287. The van der Waals surface area contributed by atoms with Crippen molar-refractivity contribution in [1.29, 1.82) is 0 Å². The molecule has 0 unspecified atom stereocenters. The van der Waals surface area contributed by atoms with Crippen molar-refractivity contribution in [2.24, 2.45) is 11.7 Å². The second-order valence-electron chi connectivity index (χ2n) is 4.32. The first-order valence-electron chi connectivity index (χ1n) is 4.61. The summed E-state index contributed by atoms with van der Waals surface area (Å²) in [4.78, 5) is 10.3. The quantitative estimate of drug-likeness (QED) is 0.704. The van der Waals surface area contributed by atoms with Gasteiger partial charge < -0.3 is 15.6 Å².